The van der Waals surface area contributed by atoms with E-state index < -0.39 is 0 Å². The fourth-order valence-electron chi connectivity index (χ4n) is 0.802. The van der Waals surface area contributed by atoms with E-state index in [9.17, 15) is 0 Å². The maximum atomic E-state index is 5.39. The molecule has 3 nitrogen and oxygen atoms in total. The molecule has 79 valence electrons. The second-order valence-electron chi connectivity index (χ2n) is 2.64. The molecule has 3 heteroatoms. The topological polar surface area (TPSA) is 27.7 Å². The van der Waals surface area contributed by atoms with Gasteiger partial charge in [0, 0.05) is 13.2 Å². The van der Waals surface area contributed by atoms with Crippen molar-refractivity contribution in [2.45, 2.75) is 33.6 Å². The number of unbranched alkanes of at least 4 members (excludes halogenated alkanes) is 1. The zero-order valence-electron chi connectivity index (χ0n) is 8.97. The van der Waals surface area contributed by atoms with Gasteiger partial charge in [-0.05, 0) is 20.3 Å². The maximum Gasteiger partial charge on any atom is 0.250 e. The van der Waals surface area contributed by atoms with Crippen LogP contribution in [0.4, 0.5) is 0 Å². The van der Waals surface area contributed by atoms with E-state index in [1.54, 1.807) is 0 Å². The van der Waals surface area contributed by atoms with Crippen LogP contribution in [0.1, 0.15) is 33.6 Å². The fourth-order valence-corrected chi connectivity index (χ4v) is 0.802. The lowest BCUT2D eigenvalue weighted by Gasteiger charge is -2.15. The number of hydrogen-bond donors (Lipinski definition) is 0. The van der Waals surface area contributed by atoms with Crippen LogP contribution in [0.3, 0.4) is 0 Å². The monoisotopic (exact) mass is 189 g/mol. The Kier molecular flexibility index (Phi) is 9.87. The molecule has 0 aromatic heterocycles. The number of ether oxygens (including phenoxy) is 3. The summed E-state index contributed by atoms with van der Waals surface area (Å²) in [6, 6.07) is 0. The summed E-state index contributed by atoms with van der Waals surface area (Å²) in [5, 5.41) is 0. The third-order valence-corrected chi connectivity index (χ3v) is 1.49. The van der Waals surface area contributed by atoms with Crippen LogP contribution in [0.5, 0.6) is 0 Å². The highest BCUT2D eigenvalue weighted by Gasteiger charge is 2.09. The van der Waals surface area contributed by atoms with E-state index in [0.29, 0.717) is 26.1 Å². The van der Waals surface area contributed by atoms with Crippen molar-refractivity contribution in [1.29, 1.82) is 0 Å². The first-order chi connectivity index (χ1) is 6.35. The largest absolute Gasteiger partial charge is 0.376 e. The Morgan fingerprint density at radius 3 is 2.31 bits per heavy atom. The summed E-state index contributed by atoms with van der Waals surface area (Å²) in [5.74, 6) is 0. The molecule has 13 heavy (non-hydrogen) atoms. The van der Waals surface area contributed by atoms with Crippen molar-refractivity contribution in [3.05, 3.63) is 6.29 Å². The van der Waals surface area contributed by atoms with Gasteiger partial charge in [-0.2, -0.15) is 0 Å². The predicted molar refractivity (Wildman–Crippen MR) is 52.2 cm³/mol. The van der Waals surface area contributed by atoms with Crippen molar-refractivity contribution in [3.8, 4) is 0 Å². The van der Waals surface area contributed by atoms with Crippen molar-refractivity contribution < 1.29 is 14.2 Å². The Morgan fingerprint density at radius 2 is 1.77 bits per heavy atom. The van der Waals surface area contributed by atoms with Crippen molar-refractivity contribution in [2.24, 2.45) is 0 Å². The molecule has 1 radical (unpaired) electrons. The molecule has 0 unspecified atom stereocenters. The quantitative estimate of drug-likeness (QED) is 0.521. The molecule has 0 atom stereocenters. The molecule has 0 bridgehead atoms. The highest BCUT2D eigenvalue weighted by Crippen LogP contribution is 2.06. The van der Waals surface area contributed by atoms with Gasteiger partial charge in [0.1, 0.15) is 6.61 Å². The highest BCUT2D eigenvalue weighted by atomic mass is 16.7. The van der Waals surface area contributed by atoms with Gasteiger partial charge in [0.25, 0.3) is 0 Å². The molecule has 0 rings (SSSR count). The van der Waals surface area contributed by atoms with Crippen LogP contribution in [-0.2, 0) is 14.2 Å². The predicted octanol–water partition coefficient (Wildman–Crippen LogP) is 2.37. The molecule has 0 saturated heterocycles. The Bertz CT molecular complexity index is 96.2. The van der Waals surface area contributed by atoms with E-state index in [4.69, 9.17) is 14.2 Å². The first-order valence-corrected chi connectivity index (χ1v) is 5.04. The van der Waals surface area contributed by atoms with Crippen molar-refractivity contribution in [1.82, 2.24) is 0 Å². The number of hydrogen-bond acceptors (Lipinski definition) is 3. The van der Waals surface area contributed by atoms with E-state index in [2.05, 4.69) is 6.92 Å². The smallest absolute Gasteiger partial charge is 0.250 e. The summed E-state index contributed by atoms with van der Waals surface area (Å²) in [6.07, 6.45) is 2.80. The first-order valence-electron chi connectivity index (χ1n) is 5.04. The van der Waals surface area contributed by atoms with Gasteiger partial charge in [0.05, 0.1) is 6.61 Å². The highest BCUT2D eigenvalue weighted by molar-refractivity contribution is 4.63. The fraction of sp³-hybridized carbons (Fsp3) is 0.900. The molecule has 0 spiro atoms. The second-order valence-corrected chi connectivity index (χ2v) is 2.64. The van der Waals surface area contributed by atoms with Crippen molar-refractivity contribution in [2.75, 3.05) is 26.4 Å². The van der Waals surface area contributed by atoms with Crippen LogP contribution in [-0.4, -0.2) is 26.4 Å². The third-order valence-electron chi connectivity index (χ3n) is 1.49. The Balaban J connectivity index is 3.41. The second kappa shape index (κ2) is 9.96. The molecule has 0 saturated carbocycles. The zero-order valence-corrected chi connectivity index (χ0v) is 8.97. The first kappa shape index (κ1) is 12.9. The average Bonchev–Trinajstić information content (AvgIpc) is 2.14. The van der Waals surface area contributed by atoms with Crippen LogP contribution < -0.4 is 0 Å². The molecular formula is C10H21O3. The van der Waals surface area contributed by atoms with Crippen LogP contribution in [0.25, 0.3) is 0 Å². The Morgan fingerprint density at radius 1 is 1.00 bits per heavy atom. The molecule has 0 aromatic carbocycles. The van der Waals surface area contributed by atoms with E-state index in [1.807, 2.05) is 13.8 Å². The summed E-state index contributed by atoms with van der Waals surface area (Å²) in [4.78, 5) is 0. The van der Waals surface area contributed by atoms with Crippen LogP contribution in [0, 0.1) is 6.29 Å². The zero-order chi connectivity index (χ0) is 9.94. The maximum absolute atomic E-state index is 5.39. The molecule has 0 aliphatic carbocycles. The van der Waals surface area contributed by atoms with Gasteiger partial charge in [-0.25, -0.2) is 0 Å². The standard InChI is InChI=1S/C10H21O3/c1-4-7-8-13-10(12-6-3)9-11-5-2/h4-9H2,1-3H3. The lowest BCUT2D eigenvalue weighted by atomic mass is 10.4. The normalized spacial score (nSPS) is 11.1. The minimum Gasteiger partial charge on any atom is -0.376 e. The van der Waals surface area contributed by atoms with E-state index >= 15 is 0 Å². The average molecular weight is 189 g/mol. The lowest BCUT2D eigenvalue weighted by Crippen LogP contribution is -2.15. The minimum atomic E-state index is 0.452. The van der Waals surface area contributed by atoms with Crippen LogP contribution in [0.2, 0.25) is 0 Å². The van der Waals surface area contributed by atoms with Crippen LogP contribution >= 0.6 is 0 Å². The summed E-state index contributed by atoms with van der Waals surface area (Å²) >= 11 is 0. The molecule has 0 aliphatic heterocycles. The van der Waals surface area contributed by atoms with Crippen LogP contribution in [0.15, 0.2) is 0 Å². The van der Waals surface area contributed by atoms with Crippen molar-refractivity contribution in [3.63, 3.8) is 0 Å². The summed E-state index contributed by atoms with van der Waals surface area (Å²) in [5.41, 5.74) is 0. The summed E-state index contributed by atoms with van der Waals surface area (Å²) < 4.78 is 15.8. The van der Waals surface area contributed by atoms with Gasteiger partial charge in [0.2, 0.25) is 6.29 Å². The SMILES string of the molecule is CCCCO[C](COCC)OCC. The Hall–Kier alpha value is -0.120. The molecule has 0 heterocycles. The minimum absolute atomic E-state index is 0.452. The molecule has 0 aliphatic rings. The Labute approximate surface area is 81.4 Å². The van der Waals surface area contributed by atoms with E-state index in [-0.39, 0.29) is 0 Å². The third kappa shape index (κ3) is 8.22. The van der Waals surface area contributed by atoms with Crippen molar-refractivity contribution >= 4 is 0 Å². The summed E-state index contributed by atoms with van der Waals surface area (Å²) in [7, 11) is 0. The van der Waals surface area contributed by atoms with Gasteiger partial charge in [-0.3, -0.25) is 0 Å². The van der Waals surface area contributed by atoms with E-state index in [0.717, 1.165) is 19.4 Å². The van der Waals surface area contributed by atoms with Gasteiger partial charge in [-0.15, -0.1) is 0 Å². The molecular weight excluding hydrogens is 168 g/mol. The van der Waals surface area contributed by atoms with E-state index in [1.165, 1.54) is 0 Å². The molecule has 0 fully saturated rings. The molecule has 0 N–H and O–H groups in total. The summed E-state index contributed by atoms with van der Waals surface area (Å²) in [6.45, 7) is 8.52. The molecule has 0 aromatic rings. The number of rotatable bonds is 9. The lowest BCUT2D eigenvalue weighted by molar-refractivity contribution is -0.0805. The van der Waals surface area contributed by atoms with Gasteiger partial charge >= 0.3 is 0 Å². The van der Waals surface area contributed by atoms with Gasteiger partial charge in [0.15, 0.2) is 0 Å². The van der Waals surface area contributed by atoms with Gasteiger partial charge < -0.3 is 14.2 Å². The van der Waals surface area contributed by atoms with Gasteiger partial charge in [-0.1, -0.05) is 13.3 Å². The molecule has 0 amide bonds.